The number of alkyl halides is 5. The van der Waals surface area contributed by atoms with Crippen molar-refractivity contribution in [3.8, 4) is 0 Å². The summed E-state index contributed by atoms with van der Waals surface area (Å²) in [4.78, 5) is 0. The number of nitrogens with two attached hydrogens (primary N) is 1. The maximum Gasteiger partial charge on any atom is 0.416 e. The Kier molecular flexibility index (Phi) is 2.46. The van der Waals surface area contributed by atoms with Crippen LogP contribution in [0.25, 0.3) is 0 Å². The molecule has 1 aliphatic rings. The number of rotatable bonds is 1. The van der Waals surface area contributed by atoms with E-state index >= 15 is 0 Å². The molecule has 17 heavy (non-hydrogen) atoms. The summed E-state index contributed by atoms with van der Waals surface area (Å²) in [5, 5.41) is -0.389. The molecule has 0 heterocycles. The van der Waals surface area contributed by atoms with Gasteiger partial charge in [0.25, 0.3) is 5.92 Å². The molecular weight excluding hydrogens is 265 g/mol. The van der Waals surface area contributed by atoms with Crippen molar-refractivity contribution >= 4 is 11.6 Å². The van der Waals surface area contributed by atoms with Crippen molar-refractivity contribution in [1.82, 2.24) is 0 Å². The first-order valence-corrected chi connectivity index (χ1v) is 5.00. The summed E-state index contributed by atoms with van der Waals surface area (Å²) >= 11 is 5.57. The first-order valence-electron chi connectivity index (χ1n) is 4.62. The molecule has 1 unspecified atom stereocenters. The number of benzene rings is 1. The van der Waals surface area contributed by atoms with Gasteiger partial charge in [-0.3, -0.25) is 0 Å². The molecule has 94 valence electrons. The number of halogens is 6. The van der Waals surface area contributed by atoms with Crippen LogP contribution in [0.15, 0.2) is 18.2 Å². The van der Waals surface area contributed by atoms with E-state index in [9.17, 15) is 22.0 Å². The highest BCUT2D eigenvalue weighted by Gasteiger charge is 2.71. The zero-order valence-corrected chi connectivity index (χ0v) is 9.04. The molecular formula is C10H7ClF5N. The van der Waals surface area contributed by atoms with E-state index in [-0.39, 0.29) is 5.02 Å². The lowest BCUT2D eigenvalue weighted by Crippen LogP contribution is -2.30. The minimum Gasteiger partial charge on any atom is -0.316 e. The van der Waals surface area contributed by atoms with Crippen molar-refractivity contribution in [1.29, 1.82) is 0 Å². The van der Waals surface area contributed by atoms with Crippen molar-refractivity contribution < 1.29 is 22.0 Å². The molecule has 0 aliphatic heterocycles. The maximum absolute atomic E-state index is 13.1. The van der Waals surface area contributed by atoms with Crippen LogP contribution in [0, 0.1) is 0 Å². The van der Waals surface area contributed by atoms with Crippen LogP contribution in [0.4, 0.5) is 22.0 Å². The zero-order valence-electron chi connectivity index (χ0n) is 8.28. The molecule has 1 atom stereocenters. The van der Waals surface area contributed by atoms with E-state index in [2.05, 4.69) is 0 Å². The quantitative estimate of drug-likeness (QED) is 0.777. The van der Waals surface area contributed by atoms with Crippen LogP contribution >= 0.6 is 11.6 Å². The van der Waals surface area contributed by atoms with E-state index < -0.39 is 35.2 Å². The van der Waals surface area contributed by atoms with E-state index in [1.165, 1.54) is 0 Å². The van der Waals surface area contributed by atoms with Gasteiger partial charge in [0.15, 0.2) is 0 Å². The Hall–Kier alpha value is -0.880. The highest BCUT2D eigenvalue weighted by molar-refractivity contribution is 6.31. The third kappa shape index (κ3) is 1.79. The second kappa shape index (κ2) is 3.32. The fourth-order valence-corrected chi connectivity index (χ4v) is 2.13. The Labute approximate surface area is 98.4 Å². The molecule has 1 aromatic rings. The van der Waals surface area contributed by atoms with Gasteiger partial charge in [0.1, 0.15) is 5.54 Å². The van der Waals surface area contributed by atoms with Gasteiger partial charge in [0.2, 0.25) is 0 Å². The molecule has 1 aromatic carbocycles. The van der Waals surface area contributed by atoms with Gasteiger partial charge in [-0.25, -0.2) is 8.78 Å². The SMILES string of the molecule is NC1(c2c(Cl)cccc2C(F)(F)F)CC1(F)F. The van der Waals surface area contributed by atoms with Crippen LogP contribution in [-0.4, -0.2) is 5.92 Å². The average Bonchev–Trinajstić information content (AvgIpc) is 2.64. The van der Waals surface area contributed by atoms with E-state index in [1.807, 2.05) is 0 Å². The van der Waals surface area contributed by atoms with Gasteiger partial charge in [-0.2, -0.15) is 13.2 Å². The zero-order chi connectivity index (χ0) is 13.1. The van der Waals surface area contributed by atoms with Gasteiger partial charge in [0, 0.05) is 17.0 Å². The largest absolute Gasteiger partial charge is 0.416 e. The van der Waals surface area contributed by atoms with Gasteiger partial charge in [-0.1, -0.05) is 17.7 Å². The number of hydrogen-bond donors (Lipinski definition) is 1. The molecule has 0 aromatic heterocycles. The average molecular weight is 272 g/mol. The van der Waals surface area contributed by atoms with Gasteiger partial charge < -0.3 is 5.73 Å². The van der Waals surface area contributed by atoms with Gasteiger partial charge >= 0.3 is 6.18 Å². The number of hydrogen-bond acceptors (Lipinski definition) is 1. The van der Waals surface area contributed by atoms with Crippen LogP contribution in [0.3, 0.4) is 0 Å². The smallest absolute Gasteiger partial charge is 0.316 e. The van der Waals surface area contributed by atoms with Gasteiger partial charge in [0.05, 0.1) is 5.56 Å². The monoisotopic (exact) mass is 271 g/mol. The predicted octanol–water partition coefficient (Wildman–Crippen LogP) is 3.55. The third-order valence-electron chi connectivity index (χ3n) is 2.79. The Balaban J connectivity index is 2.62. The van der Waals surface area contributed by atoms with Crippen molar-refractivity contribution in [3.63, 3.8) is 0 Å². The fraction of sp³-hybridized carbons (Fsp3) is 0.400. The van der Waals surface area contributed by atoms with Crippen LogP contribution < -0.4 is 5.73 Å². The Bertz CT molecular complexity index is 470. The lowest BCUT2D eigenvalue weighted by atomic mass is 9.98. The summed E-state index contributed by atoms with van der Waals surface area (Å²) in [6.45, 7) is 0. The topological polar surface area (TPSA) is 26.0 Å². The minimum atomic E-state index is -4.76. The van der Waals surface area contributed by atoms with Crippen molar-refractivity contribution in [2.45, 2.75) is 24.1 Å². The summed E-state index contributed by atoms with van der Waals surface area (Å²) in [6, 6.07) is 2.87. The highest BCUT2D eigenvalue weighted by atomic mass is 35.5. The molecule has 1 aliphatic carbocycles. The summed E-state index contributed by atoms with van der Waals surface area (Å²) in [5.74, 6) is -3.35. The molecule has 1 nitrogen and oxygen atoms in total. The molecule has 1 saturated carbocycles. The summed E-state index contributed by atoms with van der Waals surface area (Å²) in [5.41, 5.74) is 1.07. The van der Waals surface area contributed by atoms with Crippen LogP contribution in [0.5, 0.6) is 0 Å². The molecule has 0 radical (unpaired) electrons. The molecule has 1 fully saturated rings. The van der Waals surface area contributed by atoms with E-state index in [1.54, 1.807) is 0 Å². The first-order chi connectivity index (χ1) is 7.59. The molecule has 2 rings (SSSR count). The minimum absolute atomic E-state index is 0.389. The van der Waals surface area contributed by atoms with Crippen molar-refractivity contribution in [2.24, 2.45) is 5.73 Å². The Morgan fingerprint density at radius 2 is 1.76 bits per heavy atom. The molecule has 0 spiro atoms. The molecule has 7 heteroatoms. The van der Waals surface area contributed by atoms with Gasteiger partial charge in [-0.15, -0.1) is 0 Å². The molecule has 0 amide bonds. The highest BCUT2D eigenvalue weighted by Crippen LogP contribution is 2.60. The molecule has 0 saturated heterocycles. The summed E-state index contributed by atoms with van der Waals surface area (Å²) < 4.78 is 64.2. The maximum atomic E-state index is 13.1. The normalized spacial score (nSPS) is 27.0. The lowest BCUT2D eigenvalue weighted by Gasteiger charge is -2.19. The van der Waals surface area contributed by atoms with Gasteiger partial charge in [-0.05, 0) is 12.1 Å². The van der Waals surface area contributed by atoms with E-state index in [0.717, 1.165) is 12.1 Å². The van der Waals surface area contributed by atoms with Crippen LogP contribution in [-0.2, 0) is 11.7 Å². The van der Waals surface area contributed by atoms with Crippen molar-refractivity contribution in [3.05, 3.63) is 34.3 Å². The standard InChI is InChI=1S/C10H7ClF5N/c11-6-3-1-2-5(10(14,15)16)7(6)8(17)4-9(8,12)13/h1-3H,4,17H2. The van der Waals surface area contributed by atoms with E-state index in [0.29, 0.717) is 6.07 Å². The summed E-state index contributed by atoms with van der Waals surface area (Å²) in [6.07, 6.45) is -5.59. The van der Waals surface area contributed by atoms with Crippen molar-refractivity contribution in [2.75, 3.05) is 0 Å². The summed E-state index contributed by atoms with van der Waals surface area (Å²) in [7, 11) is 0. The fourth-order valence-electron chi connectivity index (χ4n) is 1.79. The van der Waals surface area contributed by atoms with Crippen LogP contribution in [0.2, 0.25) is 5.02 Å². The lowest BCUT2D eigenvalue weighted by molar-refractivity contribution is -0.138. The Morgan fingerprint density at radius 1 is 1.24 bits per heavy atom. The second-order valence-corrected chi connectivity index (χ2v) is 4.42. The van der Waals surface area contributed by atoms with E-state index in [4.69, 9.17) is 17.3 Å². The third-order valence-corrected chi connectivity index (χ3v) is 3.11. The Morgan fingerprint density at radius 3 is 2.18 bits per heavy atom. The predicted molar refractivity (Wildman–Crippen MR) is 51.9 cm³/mol. The molecule has 0 bridgehead atoms. The first kappa shape index (κ1) is 12.6. The van der Waals surface area contributed by atoms with Crippen LogP contribution in [0.1, 0.15) is 17.5 Å². The second-order valence-electron chi connectivity index (χ2n) is 4.01. The molecule has 2 N–H and O–H groups in total.